The van der Waals surface area contributed by atoms with Crippen LogP contribution in [0.3, 0.4) is 0 Å². The number of methoxy groups -OCH3 is 1. The van der Waals surface area contributed by atoms with Crippen LogP contribution in [0.25, 0.3) is 10.6 Å². The average molecular weight is 477 g/mol. The Labute approximate surface area is 192 Å². The number of amides is 1. The summed E-state index contributed by atoms with van der Waals surface area (Å²) in [6, 6.07) is 2.82. The van der Waals surface area contributed by atoms with Gasteiger partial charge in [-0.2, -0.15) is 0 Å². The fourth-order valence-electron chi connectivity index (χ4n) is 3.84. The van der Waals surface area contributed by atoms with Crippen LogP contribution in [-0.4, -0.2) is 57.0 Å². The van der Waals surface area contributed by atoms with Gasteiger partial charge in [0.05, 0.1) is 18.2 Å². The van der Waals surface area contributed by atoms with Gasteiger partial charge in [-0.25, -0.2) is 8.78 Å². The Morgan fingerprint density at radius 1 is 1.27 bits per heavy atom. The molecule has 1 aliphatic heterocycles. The molecule has 2 aromatic heterocycles. The summed E-state index contributed by atoms with van der Waals surface area (Å²) in [6.45, 7) is 4.32. The molecule has 33 heavy (non-hydrogen) atoms. The number of ether oxygens (including phenoxy) is 1. The predicted octanol–water partition coefficient (Wildman–Crippen LogP) is 2.99. The maximum atomic E-state index is 14.0. The molecule has 174 valence electrons. The third-order valence-corrected chi connectivity index (χ3v) is 6.47. The Hall–Kier alpha value is -3.18. The van der Waals surface area contributed by atoms with Gasteiger partial charge in [-0.1, -0.05) is 17.4 Å². The lowest BCUT2D eigenvalue weighted by atomic mass is 10.1. The number of rotatable bonds is 6. The van der Waals surface area contributed by atoms with Gasteiger partial charge >= 0.3 is 0 Å². The van der Waals surface area contributed by atoms with Crippen LogP contribution < -0.4 is 5.43 Å². The lowest BCUT2D eigenvalue weighted by Gasteiger charge is -2.38. The molecule has 1 aliphatic rings. The van der Waals surface area contributed by atoms with Crippen LogP contribution in [0.1, 0.15) is 40.9 Å². The number of carbonyl (C=O) groups is 1. The maximum Gasteiger partial charge on any atom is 0.274 e. The Bertz CT molecular complexity index is 1270. The number of benzene rings is 1. The summed E-state index contributed by atoms with van der Waals surface area (Å²) in [6.07, 6.45) is 1.55. The van der Waals surface area contributed by atoms with E-state index in [1.54, 1.807) is 9.47 Å². The number of halogens is 2. The molecule has 1 atom stereocenters. The molecule has 0 radical (unpaired) electrons. The first kappa shape index (κ1) is 23.0. The zero-order valence-corrected chi connectivity index (χ0v) is 19.0. The first-order valence-electron chi connectivity index (χ1n) is 10.3. The van der Waals surface area contributed by atoms with E-state index in [1.807, 2.05) is 13.8 Å². The highest BCUT2D eigenvalue weighted by atomic mass is 32.1. The van der Waals surface area contributed by atoms with E-state index in [0.29, 0.717) is 11.6 Å². The maximum absolute atomic E-state index is 14.0. The molecule has 1 amide bonds. The molecule has 1 N–H and O–H groups in total. The molecule has 3 heterocycles. The van der Waals surface area contributed by atoms with Crippen LogP contribution in [-0.2, 0) is 11.2 Å². The van der Waals surface area contributed by atoms with E-state index < -0.39 is 28.7 Å². The second kappa shape index (κ2) is 8.99. The first-order chi connectivity index (χ1) is 15.7. The first-order valence-corrected chi connectivity index (χ1v) is 11.1. The second-order valence-corrected chi connectivity index (χ2v) is 9.11. The second-order valence-electron chi connectivity index (χ2n) is 8.05. The van der Waals surface area contributed by atoms with Crippen LogP contribution in [0.2, 0.25) is 0 Å². The summed E-state index contributed by atoms with van der Waals surface area (Å²) < 4.78 is 34.0. The molecule has 8 nitrogen and oxygen atoms in total. The summed E-state index contributed by atoms with van der Waals surface area (Å²) in [5, 5.41) is 19.4. The van der Waals surface area contributed by atoms with Gasteiger partial charge in [0, 0.05) is 38.4 Å². The van der Waals surface area contributed by atoms with Crippen LogP contribution in [0, 0.1) is 11.6 Å². The van der Waals surface area contributed by atoms with Crippen molar-refractivity contribution in [3.05, 3.63) is 62.5 Å². The smallest absolute Gasteiger partial charge is 0.274 e. The highest BCUT2D eigenvalue weighted by Gasteiger charge is 2.36. The molecule has 11 heteroatoms. The molecule has 1 aromatic carbocycles. The average Bonchev–Trinajstić information content (AvgIpc) is 3.22. The van der Waals surface area contributed by atoms with Crippen molar-refractivity contribution in [2.75, 3.05) is 20.3 Å². The van der Waals surface area contributed by atoms with Crippen molar-refractivity contribution in [3.8, 4) is 16.3 Å². The molecule has 0 saturated heterocycles. The monoisotopic (exact) mass is 476 g/mol. The number of aromatic hydroxyl groups is 1. The minimum atomic E-state index is -0.743. The van der Waals surface area contributed by atoms with Gasteiger partial charge in [-0.15, -0.1) is 10.2 Å². The van der Waals surface area contributed by atoms with E-state index in [2.05, 4.69) is 10.2 Å². The quantitative estimate of drug-likeness (QED) is 0.588. The summed E-state index contributed by atoms with van der Waals surface area (Å²) in [7, 11) is 1.53. The van der Waals surface area contributed by atoms with Crippen LogP contribution in [0.4, 0.5) is 8.78 Å². The Kier molecular flexibility index (Phi) is 6.26. The van der Waals surface area contributed by atoms with E-state index in [0.717, 1.165) is 23.5 Å². The van der Waals surface area contributed by atoms with E-state index in [4.69, 9.17) is 4.74 Å². The van der Waals surface area contributed by atoms with Crippen LogP contribution in [0.15, 0.2) is 29.2 Å². The molecule has 4 rings (SSSR count). The predicted molar refractivity (Wildman–Crippen MR) is 118 cm³/mol. The SMILES string of the molecule is COC[C@@H]1CN(C(C)C)C(=O)c2c(O)c(=O)c(-c3nnc(Cc4ccc(F)cc4F)s3)cn21. The Morgan fingerprint density at radius 3 is 2.70 bits per heavy atom. The number of hydrogen-bond acceptors (Lipinski definition) is 7. The van der Waals surface area contributed by atoms with Gasteiger partial charge < -0.3 is 19.3 Å². The highest BCUT2D eigenvalue weighted by Crippen LogP contribution is 2.31. The molecule has 3 aromatic rings. The molecule has 0 saturated carbocycles. The standard InChI is InChI=1S/C22H22F2N4O4S/c1-11(2)27-8-14(10-32-3)28-9-15(19(29)20(30)18(28)22(27)31)21-26-25-17(33-21)6-12-4-5-13(23)7-16(12)24/h4-5,7,9,11,14,30H,6,8,10H2,1-3H3/t14-/m0/s1. The van der Waals surface area contributed by atoms with Crippen molar-refractivity contribution in [3.63, 3.8) is 0 Å². The molecular formula is C22H22F2N4O4S. The number of nitrogens with zero attached hydrogens (tertiary/aromatic N) is 4. The fourth-order valence-corrected chi connectivity index (χ4v) is 4.71. The van der Waals surface area contributed by atoms with Crippen LogP contribution >= 0.6 is 11.3 Å². The molecular weight excluding hydrogens is 454 g/mol. The van der Waals surface area contributed by atoms with E-state index in [9.17, 15) is 23.5 Å². The molecule has 0 aliphatic carbocycles. The van der Waals surface area contributed by atoms with Gasteiger partial charge in [0.1, 0.15) is 16.6 Å². The van der Waals surface area contributed by atoms with Crippen molar-refractivity contribution in [1.82, 2.24) is 19.7 Å². The zero-order valence-electron chi connectivity index (χ0n) is 18.2. The minimum absolute atomic E-state index is 0.0656. The lowest BCUT2D eigenvalue weighted by molar-refractivity contribution is 0.0511. The number of fused-ring (bicyclic) bond motifs is 1. The van der Waals surface area contributed by atoms with Crippen molar-refractivity contribution >= 4 is 17.2 Å². The van der Waals surface area contributed by atoms with Crippen molar-refractivity contribution in [1.29, 1.82) is 0 Å². The summed E-state index contributed by atoms with van der Waals surface area (Å²) >= 11 is 1.05. The van der Waals surface area contributed by atoms with Crippen molar-refractivity contribution in [2.24, 2.45) is 0 Å². The third-order valence-electron chi connectivity index (χ3n) is 5.51. The normalized spacial score (nSPS) is 15.9. The van der Waals surface area contributed by atoms with Gasteiger partial charge in [-0.05, 0) is 25.5 Å². The fraction of sp³-hybridized carbons (Fsp3) is 0.364. The van der Waals surface area contributed by atoms with E-state index in [-0.39, 0.29) is 46.9 Å². The molecule has 0 fully saturated rings. The largest absolute Gasteiger partial charge is 0.503 e. The van der Waals surface area contributed by atoms with Gasteiger partial charge in [0.25, 0.3) is 5.91 Å². The van der Waals surface area contributed by atoms with Crippen molar-refractivity contribution in [2.45, 2.75) is 32.4 Å². The lowest BCUT2D eigenvalue weighted by Crippen LogP contribution is -2.48. The van der Waals surface area contributed by atoms with Crippen molar-refractivity contribution < 1.29 is 23.4 Å². The number of aromatic nitrogens is 3. The highest BCUT2D eigenvalue weighted by molar-refractivity contribution is 7.14. The Balaban J connectivity index is 1.75. The Morgan fingerprint density at radius 2 is 2.03 bits per heavy atom. The van der Waals surface area contributed by atoms with Gasteiger partial charge in [-0.3, -0.25) is 9.59 Å². The molecule has 0 bridgehead atoms. The number of hydrogen-bond donors (Lipinski definition) is 1. The van der Waals surface area contributed by atoms with E-state index in [1.165, 1.54) is 19.4 Å². The molecule has 0 spiro atoms. The zero-order chi connectivity index (χ0) is 23.9. The summed E-state index contributed by atoms with van der Waals surface area (Å²) in [5.41, 5.74) is -0.522. The molecule has 0 unspecified atom stereocenters. The van der Waals surface area contributed by atoms with E-state index >= 15 is 0 Å². The summed E-state index contributed by atoms with van der Waals surface area (Å²) in [4.78, 5) is 27.5. The van der Waals surface area contributed by atoms with Gasteiger partial charge in [0.15, 0.2) is 16.5 Å². The summed E-state index contributed by atoms with van der Waals surface area (Å²) in [5.74, 6) is -2.48. The van der Waals surface area contributed by atoms with Crippen LogP contribution in [0.5, 0.6) is 5.75 Å². The van der Waals surface area contributed by atoms with Gasteiger partial charge in [0.2, 0.25) is 5.43 Å². The number of carbonyl (C=O) groups excluding carboxylic acids is 1. The number of pyridine rings is 1. The topological polar surface area (TPSA) is 97.6 Å². The third kappa shape index (κ3) is 4.25. The minimum Gasteiger partial charge on any atom is -0.503 e.